The highest BCUT2D eigenvalue weighted by molar-refractivity contribution is 6.02. The minimum atomic E-state index is -1.10. The summed E-state index contributed by atoms with van der Waals surface area (Å²) in [5.41, 5.74) is 6.24. The summed E-state index contributed by atoms with van der Waals surface area (Å²) in [4.78, 5) is 23.3. The number of carbonyl (C=O) groups excluding carboxylic acids is 1. The molecule has 4 N–H and O–H groups in total. The van der Waals surface area contributed by atoms with Gasteiger partial charge >= 0.3 is 5.97 Å². The number of carboxylic acids is 1. The number of aliphatic carboxylic acids is 1. The molecule has 1 saturated carbocycles. The monoisotopic (exact) mass is 248 g/mol. The molecule has 0 atom stereocenters. The van der Waals surface area contributed by atoms with Gasteiger partial charge in [-0.1, -0.05) is 11.6 Å². The first-order valence-electron chi connectivity index (χ1n) is 5.87. The van der Waals surface area contributed by atoms with Crippen LogP contribution in [0.3, 0.4) is 0 Å². The van der Waals surface area contributed by atoms with Crippen LogP contribution in [0.4, 0.5) is 5.69 Å². The van der Waals surface area contributed by atoms with Crippen molar-refractivity contribution in [3.8, 4) is 0 Å². The number of amides is 1. The van der Waals surface area contributed by atoms with Gasteiger partial charge < -0.3 is 16.2 Å². The minimum Gasteiger partial charge on any atom is -0.480 e. The van der Waals surface area contributed by atoms with E-state index in [1.807, 2.05) is 13.0 Å². The third-order valence-corrected chi connectivity index (χ3v) is 3.42. The number of hydrogen-bond donors (Lipinski definition) is 3. The molecule has 0 unspecified atom stereocenters. The molecule has 5 nitrogen and oxygen atoms in total. The van der Waals surface area contributed by atoms with Crippen LogP contribution in [0.1, 0.15) is 35.2 Å². The Labute approximate surface area is 105 Å². The summed E-state index contributed by atoms with van der Waals surface area (Å²) in [6, 6.07) is 5.12. The van der Waals surface area contributed by atoms with Gasteiger partial charge in [-0.05, 0) is 38.3 Å². The zero-order valence-electron chi connectivity index (χ0n) is 10.2. The highest BCUT2D eigenvalue weighted by Gasteiger charge is 2.45. The average Bonchev–Trinajstić information content (AvgIpc) is 2.26. The highest BCUT2D eigenvalue weighted by Crippen LogP contribution is 2.32. The van der Waals surface area contributed by atoms with Gasteiger partial charge in [-0.2, -0.15) is 0 Å². The molecule has 1 aliphatic carbocycles. The SMILES string of the molecule is Cc1ccc(N)c(C(=O)NC2(C(=O)O)CCC2)c1. The van der Waals surface area contributed by atoms with E-state index in [1.54, 1.807) is 12.1 Å². The maximum absolute atomic E-state index is 12.1. The Hall–Kier alpha value is -2.04. The van der Waals surface area contributed by atoms with Crippen LogP contribution in [0, 0.1) is 6.92 Å². The van der Waals surface area contributed by atoms with Gasteiger partial charge in [0.05, 0.1) is 5.56 Å². The quantitative estimate of drug-likeness (QED) is 0.703. The van der Waals surface area contributed by atoms with Crippen molar-refractivity contribution in [1.82, 2.24) is 5.32 Å². The number of aryl methyl sites for hydroxylation is 1. The molecule has 96 valence electrons. The fourth-order valence-electron chi connectivity index (χ4n) is 2.07. The van der Waals surface area contributed by atoms with Gasteiger partial charge in [-0.3, -0.25) is 4.79 Å². The van der Waals surface area contributed by atoms with Crippen LogP contribution in [-0.2, 0) is 4.79 Å². The highest BCUT2D eigenvalue weighted by atomic mass is 16.4. The Balaban J connectivity index is 2.22. The molecule has 1 aromatic rings. The molecule has 1 aliphatic rings. The molecule has 1 amide bonds. The second-order valence-corrected chi connectivity index (χ2v) is 4.79. The number of carboxylic acid groups (broad SMARTS) is 1. The zero-order chi connectivity index (χ0) is 13.3. The molecule has 0 saturated heterocycles. The van der Waals surface area contributed by atoms with Crippen molar-refractivity contribution < 1.29 is 14.7 Å². The molecule has 2 rings (SSSR count). The number of hydrogen-bond acceptors (Lipinski definition) is 3. The Kier molecular flexibility index (Phi) is 2.98. The van der Waals surface area contributed by atoms with Gasteiger partial charge in [0.2, 0.25) is 0 Å². The van der Waals surface area contributed by atoms with Gasteiger partial charge in [0.15, 0.2) is 0 Å². The standard InChI is InChI=1S/C13H16N2O3/c1-8-3-4-10(14)9(7-8)11(16)15-13(12(17)18)5-2-6-13/h3-4,7H,2,5-6,14H2,1H3,(H,15,16)(H,17,18). The lowest BCUT2D eigenvalue weighted by atomic mass is 9.76. The first-order valence-corrected chi connectivity index (χ1v) is 5.87. The fraction of sp³-hybridized carbons (Fsp3) is 0.385. The maximum Gasteiger partial charge on any atom is 0.329 e. The van der Waals surface area contributed by atoms with Gasteiger partial charge in [0.1, 0.15) is 5.54 Å². The molecule has 0 aliphatic heterocycles. The van der Waals surface area contributed by atoms with Crippen LogP contribution in [0.2, 0.25) is 0 Å². The third kappa shape index (κ3) is 2.03. The third-order valence-electron chi connectivity index (χ3n) is 3.42. The summed E-state index contributed by atoms with van der Waals surface area (Å²) in [6.07, 6.45) is 1.76. The van der Waals surface area contributed by atoms with Gasteiger partial charge in [-0.25, -0.2) is 4.79 Å². The molecular formula is C13H16N2O3. The minimum absolute atomic E-state index is 0.336. The van der Waals surface area contributed by atoms with E-state index < -0.39 is 17.4 Å². The van der Waals surface area contributed by atoms with Crippen LogP contribution in [0.5, 0.6) is 0 Å². The normalized spacial score (nSPS) is 16.7. The molecular weight excluding hydrogens is 232 g/mol. The van der Waals surface area contributed by atoms with Crippen molar-refractivity contribution in [2.24, 2.45) is 0 Å². The molecule has 5 heteroatoms. The Bertz CT molecular complexity index is 507. The van der Waals surface area contributed by atoms with Crippen molar-refractivity contribution in [2.75, 3.05) is 5.73 Å². The van der Waals surface area contributed by atoms with Crippen molar-refractivity contribution >= 4 is 17.6 Å². The van der Waals surface area contributed by atoms with E-state index in [9.17, 15) is 9.59 Å². The first-order chi connectivity index (χ1) is 8.44. The number of nitrogen functional groups attached to an aromatic ring is 1. The smallest absolute Gasteiger partial charge is 0.329 e. The second-order valence-electron chi connectivity index (χ2n) is 4.79. The number of benzene rings is 1. The van der Waals surface area contributed by atoms with Crippen LogP contribution in [-0.4, -0.2) is 22.5 Å². The Morgan fingerprint density at radius 1 is 1.39 bits per heavy atom. The molecule has 18 heavy (non-hydrogen) atoms. The number of rotatable bonds is 3. The van der Waals surface area contributed by atoms with Crippen LogP contribution < -0.4 is 11.1 Å². The summed E-state index contributed by atoms with van der Waals surface area (Å²) >= 11 is 0. The van der Waals surface area contributed by atoms with Crippen LogP contribution >= 0.6 is 0 Å². The summed E-state index contributed by atoms with van der Waals surface area (Å²) in [6.45, 7) is 1.85. The molecule has 0 aromatic heterocycles. The van der Waals surface area contributed by atoms with Crippen molar-refractivity contribution in [1.29, 1.82) is 0 Å². The van der Waals surface area contributed by atoms with Crippen molar-refractivity contribution in [3.05, 3.63) is 29.3 Å². The van der Waals surface area contributed by atoms with Crippen LogP contribution in [0.25, 0.3) is 0 Å². The summed E-state index contributed by atoms with van der Waals surface area (Å²) in [5.74, 6) is -1.40. The van der Waals surface area contributed by atoms with E-state index in [-0.39, 0.29) is 0 Å². The zero-order valence-corrected chi connectivity index (χ0v) is 10.2. The second kappa shape index (κ2) is 4.33. The predicted octanol–water partition coefficient (Wildman–Crippen LogP) is 1.31. The van der Waals surface area contributed by atoms with E-state index in [1.165, 1.54) is 0 Å². The summed E-state index contributed by atoms with van der Waals surface area (Å²) < 4.78 is 0. The number of anilines is 1. The van der Waals surface area contributed by atoms with Crippen LogP contribution in [0.15, 0.2) is 18.2 Å². The number of nitrogens with two attached hydrogens (primary N) is 1. The summed E-state index contributed by atoms with van der Waals surface area (Å²) in [7, 11) is 0. The lowest BCUT2D eigenvalue weighted by Crippen LogP contribution is -2.59. The van der Waals surface area contributed by atoms with E-state index in [2.05, 4.69) is 5.32 Å². The predicted molar refractivity (Wildman–Crippen MR) is 67.3 cm³/mol. The van der Waals surface area contributed by atoms with E-state index in [4.69, 9.17) is 10.8 Å². The Morgan fingerprint density at radius 2 is 2.06 bits per heavy atom. The molecule has 0 bridgehead atoms. The topological polar surface area (TPSA) is 92.4 Å². The molecule has 0 spiro atoms. The number of nitrogens with one attached hydrogen (secondary N) is 1. The van der Waals surface area contributed by atoms with E-state index in [0.29, 0.717) is 24.1 Å². The molecule has 0 radical (unpaired) electrons. The van der Waals surface area contributed by atoms with Crippen molar-refractivity contribution in [3.63, 3.8) is 0 Å². The van der Waals surface area contributed by atoms with Gasteiger partial charge in [-0.15, -0.1) is 0 Å². The maximum atomic E-state index is 12.1. The molecule has 1 fully saturated rings. The Morgan fingerprint density at radius 3 is 2.56 bits per heavy atom. The van der Waals surface area contributed by atoms with Gasteiger partial charge in [0, 0.05) is 5.69 Å². The van der Waals surface area contributed by atoms with E-state index >= 15 is 0 Å². The van der Waals surface area contributed by atoms with Crippen molar-refractivity contribution in [2.45, 2.75) is 31.7 Å². The average molecular weight is 248 g/mol. The lowest BCUT2D eigenvalue weighted by Gasteiger charge is -2.38. The molecule has 1 aromatic carbocycles. The molecule has 0 heterocycles. The lowest BCUT2D eigenvalue weighted by molar-refractivity contribution is -0.148. The van der Waals surface area contributed by atoms with E-state index in [0.717, 1.165) is 12.0 Å². The first kappa shape index (κ1) is 12.4. The summed E-state index contributed by atoms with van der Waals surface area (Å²) in [5, 5.41) is 11.8. The number of carbonyl (C=O) groups is 2. The van der Waals surface area contributed by atoms with Gasteiger partial charge in [0.25, 0.3) is 5.91 Å². The largest absolute Gasteiger partial charge is 0.480 e. The fourth-order valence-corrected chi connectivity index (χ4v) is 2.07.